The minimum Gasteiger partial charge on any atom is -0.507 e. The smallest absolute Gasteiger partial charge is 0.300 e. The van der Waals surface area contributed by atoms with Crippen molar-refractivity contribution in [3.63, 3.8) is 0 Å². The van der Waals surface area contributed by atoms with Gasteiger partial charge in [-0.05, 0) is 48.4 Å². The Balaban J connectivity index is 2.05. The molecule has 0 spiro atoms. The van der Waals surface area contributed by atoms with Crippen molar-refractivity contribution in [3.8, 4) is 23.0 Å². The van der Waals surface area contributed by atoms with Crippen LogP contribution in [0.5, 0.6) is 23.0 Å². The lowest BCUT2D eigenvalue weighted by Crippen LogP contribution is -2.30. The number of carbonyl (C=O) groups excluding carboxylic acids is 2. The first-order valence-corrected chi connectivity index (χ1v) is 12.1. The standard InChI is InChI=1S/C28H25Cl2NO7/c1-14-6-8-16(29)11-19(14)31-25(15-7-9-20(35-2)23(10-15)38-5)24(27(33)28(31)34)26(32)17-12-18(30)22(37-4)13-21(17)36-3/h6-13,25,32H,1-5H3/b26-24+. The van der Waals surface area contributed by atoms with Gasteiger partial charge >= 0.3 is 0 Å². The average molecular weight is 558 g/mol. The van der Waals surface area contributed by atoms with E-state index in [0.717, 1.165) is 0 Å². The average Bonchev–Trinajstić information content (AvgIpc) is 3.18. The molecule has 0 radical (unpaired) electrons. The van der Waals surface area contributed by atoms with Gasteiger partial charge in [0.25, 0.3) is 11.7 Å². The van der Waals surface area contributed by atoms with Gasteiger partial charge in [-0.25, -0.2) is 0 Å². The summed E-state index contributed by atoms with van der Waals surface area (Å²) in [5.41, 5.74) is 1.55. The minimum absolute atomic E-state index is 0.115. The summed E-state index contributed by atoms with van der Waals surface area (Å²) in [6.07, 6.45) is 0. The van der Waals surface area contributed by atoms with Crippen molar-refractivity contribution < 1.29 is 33.6 Å². The van der Waals surface area contributed by atoms with Crippen LogP contribution in [-0.4, -0.2) is 45.2 Å². The first-order chi connectivity index (χ1) is 18.2. The molecular formula is C28H25Cl2NO7. The number of anilines is 1. The number of ether oxygens (including phenoxy) is 4. The molecule has 1 unspecified atom stereocenters. The number of aryl methyl sites for hydroxylation is 1. The Hall–Kier alpha value is -3.88. The van der Waals surface area contributed by atoms with Crippen LogP contribution in [0.15, 0.2) is 54.1 Å². The Labute approximate surface area is 229 Å². The SMILES string of the molecule is COc1cc(OC)c(/C(O)=C2\C(=O)C(=O)N(c3cc(Cl)ccc3C)C2c2ccc(OC)c(OC)c2)cc1Cl. The molecule has 1 atom stereocenters. The lowest BCUT2D eigenvalue weighted by molar-refractivity contribution is -0.132. The molecule has 0 aliphatic carbocycles. The molecule has 1 fully saturated rings. The Morgan fingerprint density at radius 1 is 0.816 bits per heavy atom. The number of hydrogen-bond acceptors (Lipinski definition) is 7. The van der Waals surface area contributed by atoms with Gasteiger partial charge in [-0.3, -0.25) is 14.5 Å². The number of methoxy groups -OCH3 is 4. The summed E-state index contributed by atoms with van der Waals surface area (Å²) < 4.78 is 21.5. The van der Waals surface area contributed by atoms with Gasteiger partial charge in [0.1, 0.15) is 17.3 Å². The zero-order chi connectivity index (χ0) is 27.7. The zero-order valence-corrected chi connectivity index (χ0v) is 22.8. The predicted octanol–water partition coefficient (Wildman–Crippen LogP) is 5.96. The van der Waals surface area contributed by atoms with Gasteiger partial charge < -0.3 is 24.1 Å². The summed E-state index contributed by atoms with van der Waals surface area (Å²) in [7, 11) is 5.82. The summed E-state index contributed by atoms with van der Waals surface area (Å²) in [6.45, 7) is 1.79. The number of ketones is 1. The van der Waals surface area contributed by atoms with Crippen LogP contribution >= 0.6 is 23.2 Å². The minimum atomic E-state index is -1.04. The largest absolute Gasteiger partial charge is 0.507 e. The maximum Gasteiger partial charge on any atom is 0.300 e. The first kappa shape index (κ1) is 27.2. The Morgan fingerprint density at radius 2 is 1.47 bits per heavy atom. The molecule has 3 aromatic rings. The summed E-state index contributed by atoms with van der Waals surface area (Å²) >= 11 is 12.6. The van der Waals surface area contributed by atoms with E-state index < -0.39 is 23.5 Å². The number of benzene rings is 3. The third-order valence-corrected chi connectivity index (χ3v) is 6.86. The molecule has 10 heteroatoms. The van der Waals surface area contributed by atoms with Crippen LogP contribution in [0.2, 0.25) is 10.0 Å². The third kappa shape index (κ3) is 4.61. The molecule has 0 saturated carbocycles. The highest BCUT2D eigenvalue weighted by Crippen LogP contribution is 2.47. The molecular weight excluding hydrogens is 533 g/mol. The number of Topliss-reactive ketones (excluding diaryl/α,β-unsaturated/α-hetero) is 1. The van der Waals surface area contributed by atoms with Gasteiger partial charge in [0.05, 0.1) is 50.6 Å². The van der Waals surface area contributed by atoms with Crippen molar-refractivity contribution in [1.29, 1.82) is 0 Å². The molecule has 38 heavy (non-hydrogen) atoms. The van der Waals surface area contributed by atoms with Crippen LogP contribution < -0.4 is 23.8 Å². The van der Waals surface area contributed by atoms with Gasteiger partial charge in [0, 0.05) is 16.8 Å². The molecule has 4 rings (SSSR count). The highest BCUT2D eigenvalue weighted by atomic mass is 35.5. The number of halogens is 2. The zero-order valence-electron chi connectivity index (χ0n) is 21.3. The Bertz CT molecular complexity index is 1470. The van der Waals surface area contributed by atoms with Crippen LogP contribution in [-0.2, 0) is 9.59 Å². The van der Waals surface area contributed by atoms with Crippen molar-refractivity contribution in [3.05, 3.63) is 80.8 Å². The number of nitrogens with zero attached hydrogens (tertiary/aromatic N) is 1. The van der Waals surface area contributed by atoms with E-state index in [4.69, 9.17) is 42.1 Å². The lowest BCUT2D eigenvalue weighted by Gasteiger charge is -2.27. The highest BCUT2D eigenvalue weighted by molar-refractivity contribution is 6.52. The van der Waals surface area contributed by atoms with E-state index >= 15 is 0 Å². The topological polar surface area (TPSA) is 94.5 Å². The van der Waals surface area contributed by atoms with Crippen molar-refractivity contribution in [2.45, 2.75) is 13.0 Å². The monoisotopic (exact) mass is 557 g/mol. The molecule has 0 bridgehead atoms. The fourth-order valence-corrected chi connectivity index (χ4v) is 4.86. The number of rotatable bonds is 7. The number of hydrogen-bond donors (Lipinski definition) is 1. The second kappa shape index (κ2) is 10.8. The fraction of sp³-hybridized carbons (Fsp3) is 0.214. The summed E-state index contributed by atoms with van der Waals surface area (Å²) in [6, 6.07) is 11.9. The Kier molecular flexibility index (Phi) is 7.76. The van der Waals surface area contributed by atoms with Crippen LogP contribution in [0, 0.1) is 6.92 Å². The third-order valence-electron chi connectivity index (χ3n) is 6.33. The number of carbonyl (C=O) groups is 2. The maximum absolute atomic E-state index is 13.6. The second-order valence-electron chi connectivity index (χ2n) is 8.40. The first-order valence-electron chi connectivity index (χ1n) is 11.4. The molecule has 1 N–H and O–H groups in total. The lowest BCUT2D eigenvalue weighted by atomic mass is 9.94. The molecule has 1 saturated heterocycles. The highest BCUT2D eigenvalue weighted by Gasteiger charge is 2.48. The fourth-order valence-electron chi connectivity index (χ4n) is 4.45. The molecule has 1 aliphatic heterocycles. The molecule has 1 amide bonds. The molecule has 8 nitrogen and oxygen atoms in total. The normalized spacial score (nSPS) is 16.5. The Morgan fingerprint density at radius 3 is 2.11 bits per heavy atom. The molecule has 198 valence electrons. The molecule has 1 aliphatic rings. The van der Waals surface area contributed by atoms with E-state index in [9.17, 15) is 14.7 Å². The van der Waals surface area contributed by atoms with Crippen LogP contribution in [0.25, 0.3) is 5.76 Å². The van der Waals surface area contributed by atoms with E-state index in [-0.39, 0.29) is 21.9 Å². The number of amides is 1. The molecule has 1 heterocycles. The van der Waals surface area contributed by atoms with Gasteiger partial charge in [-0.15, -0.1) is 0 Å². The predicted molar refractivity (Wildman–Crippen MR) is 145 cm³/mol. The van der Waals surface area contributed by atoms with Gasteiger partial charge in [-0.1, -0.05) is 35.3 Å². The van der Waals surface area contributed by atoms with Crippen LogP contribution in [0.4, 0.5) is 5.69 Å². The summed E-state index contributed by atoms with van der Waals surface area (Å²) in [4.78, 5) is 28.4. The van der Waals surface area contributed by atoms with E-state index in [1.165, 1.54) is 45.5 Å². The quantitative estimate of drug-likeness (QED) is 0.217. The van der Waals surface area contributed by atoms with E-state index in [1.807, 2.05) is 0 Å². The molecule has 3 aromatic carbocycles. The van der Waals surface area contributed by atoms with E-state index in [2.05, 4.69) is 0 Å². The van der Waals surface area contributed by atoms with Crippen molar-refractivity contribution in [2.24, 2.45) is 0 Å². The van der Waals surface area contributed by atoms with Gasteiger partial charge in [0.15, 0.2) is 11.5 Å². The number of aliphatic hydroxyl groups is 1. The summed E-state index contributed by atoms with van der Waals surface area (Å²) in [5, 5.41) is 12.1. The summed E-state index contributed by atoms with van der Waals surface area (Å²) in [5.74, 6) is -0.858. The van der Waals surface area contributed by atoms with Gasteiger partial charge in [-0.2, -0.15) is 0 Å². The number of aliphatic hydroxyl groups excluding tert-OH is 1. The van der Waals surface area contributed by atoms with E-state index in [1.54, 1.807) is 43.3 Å². The maximum atomic E-state index is 13.6. The van der Waals surface area contributed by atoms with E-state index in [0.29, 0.717) is 39.1 Å². The van der Waals surface area contributed by atoms with Crippen molar-refractivity contribution >= 4 is 46.3 Å². The van der Waals surface area contributed by atoms with Crippen LogP contribution in [0.3, 0.4) is 0 Å². The second-order valence-corrected chi connectivity index (χ2v) is 9.25. The van der Waals surface area contributed by atoms with Crippen molar-refractivity contribution in [1.82, 2.24) is 0 Å². The van der Waals surface area contributed by atoms with Gasteiger partial charge in [0.2, 0.25) is 0 Å². The molecule has 0 aromatic heterocycles. The van der Waals surface area contributed by atoms with Crippen LogP contribution in [0.1, 0.15) is 22.7 Å². The van der Waals surface area contributed by atoms with Crippen molar-refractivity contribution in [2.75, 3.05) is 33.3 Å².